The van der Waals surface area contributed by atoms with Crippen molar-refractivity contribution in [2.75, 3.05) is 32.8 Å². The van der Waals surface area contributed by atoms with Crippen molar-refractivity contribution in [2.45, 2.75) is 6.42 Å². The van der Waals surface area contributed by atoms with Gasteiger partial charge in [-0.15, -0.1) is 0 Å². The minimum atomic E-state index is 0.217. The topological polar surface area (TPSA) is 41.6 Å². The predicted octanol–water partition coefficient (Wildman–Crippen LogP) is 1.90. The number of likely N-dealkylation sites (tertiary alicyclic amines) is 1. The molecular formula is C15H19BrN2O2. The van der Waals surface area contributed by atoms with Gasteiger partial charge in [-0.2, -0.15) is 0 Å². The first-order valence-electron chi connectivity index (χ1n) is 7.09. The molecule has 3 rings (SSSR count). The van der Waals surface area contributed by atoms with Gasteiger partial charge in [0.2, 0.25) is 5.91 Å². The predicted molar refractivity (Wildman–Crippen MR) is 80.7 cm³/mol. The Hall–Kier alpha value is -1.07. The van der Waals surface area contributed by atoms with Crippen LogP contribution in [-0.2, 0) is 4.79 Å². The largest absolute Gasteiger partial charge is 0.493 e. The molecule has 2 aliphatic heterocycles. The van der Waals surface area contributed by atoms with Crippen LogP contribution in [0.2, 0.25) is 0 Å². The van der Waals surface area contributed by atoms with E-state index in [4.69, 9.17) is 4.74 Å². The van der Waals surface area contributed by atoms with Crippen LogP contribution in [0.15, 0.2) is 28.7 Å². The molecule has 1 N–H and O–H groups in total. The second-order valence-corrected chi connectivity index (χ2v) is 6.45. The summed E-state index contributed by atoms with van der Waals surface area (Å²) < 4.78 is 6.61. The van der Waals surface area contributed by atoms with Gasteiger partial charge in [0.05, 0.1) is 13.0 Å². The second-order valence-electron chi connectivity index (χ2n) is 5.53. The molecule has 2 fully saturated rings. The molecule has 2 aliphatic rings. The Morgan fingerprint density at radius 2 is 2.10 bits per heavy atom. The highest BCUT2D eigenvalue weighted by molar-refractivity contribution is 9.10. The molecule has 5 heteroatoms. The van der Waals surface area contributed by atoms with Crippen LogP contribution >= 0.6 is 15.9 Å². The van der Waals surface area contributed by atoms with Crippen LogP contribution in [0, 0.1) is 11.8 Å². The minimum Gasteiger partial charge on any atom is -0.493 e. The minimum absolute atomic E-state index is 0.217. The zero-order valence-corrected chi connectivity index (χ0v) is 12.9. The molecule has 2 heterocycles. The van der Waals surface area contributed by atoms with Gasteiger partial charge in [0.25, 0.3) is 0 Å². The average molecular weight is 339 g/mol. The number of halogens is 1. The maximum absolute atomic E-state index is 12.1. The summed E-state index contributed by atoms with van der Waals surface area (Å²) in [7, 11) is 0. The molecule has 2 atom stereocenters. The average Bonchev–Trinajstić information content (AvgIpc) is 2.99. The molecule has 2 saturated heterocycles. The van der Waals surface area contributed by atoms with Gasteiger partial charge in [0.15, 0.2) is 0 Å². The van der Waals surface area contributed by atoms with Gasteiger partial charge in [-0.05, 0) is 30.0 Å². The molecule has 0 spiro atoms. The van der Waals surface area contributed by atoms with Crippen molar-refractivity contribution in [1.29, 1.82) is 0 Å². The summed E-state index contributed by atoms with van der Waals surface area (Å²) in [6.07, 6.45) is 0.458. The lowest BCUT2D eigenvalue weighted by atomic mass is 10.0. The van der Waals surface area contributed by atoms with Gasteiger partial charge in [-0.25, -0.2) is 0 Å². The number of carbonyl (C=O) groups excluding carboxylic acids is 1. The monoisotopic (exact) mass is 338 g/mol. The Morgan fingerprint density at radius 3 is 2.80 bits per heavy atom. The third-order valence-electron chi connectivity index (χ3n) is 4.12. The maximum atomic E-state index is 12.1. The first-order valence-corrected chi connectivity index (χ1v) is 7.88. The van der Waals surface area contributed by atoms with Crippen molar-refractivity contribution in [2.24, 2.45) is 11.8 Å². The first-order chi connectivity index (χ1) is 9.72. The van der Waals surface area contributed by atoms with E-state index in [1.54, 1.807) is 0 Å². The lowest BCUT2D eigenvalue weighted by Crippen LogP contribution is -2.32. The normalized spacial score (nSPS) is 24.8. The van der Waals surface area contributed by atoms with Crippen molar-refractivity contribution in [3.05, 3.63) is 28.7 Å². The van der Waals surface area contributed by atoms with Gasteiger partial charge in [0.1, 0.15) is 5.75 Å². The molecule has 0 aromatic heterocycles. The Bertz CT molecular complexity index is 483. The fraction of sp³-hybridized carbons (Fsp3) is 0.533. The Morgan fingerprint density at radius 1 is 1.35 bits per heavy atom. The van der Waals surface area contributed by atoms with E-state index in [0.29, 0.717) is 24.9 Å². The van der Waals surface area contributed by atoms with E-state index in [9.17, 15) is 4.79 Å². The SMILES string of the molecule is O=C(CCOc1cccc(Br)c1)N1C[C@H]2CNC[C@H]2C1. The number of rotatable bonds is 4. The number of fused-ring (bicyclic) bond motifs is 1. The number of ether oxygens (including phenoxy) is 1. The number of hydrogen-bond acceptors (Lipinski definition) is 3. The molecule has 1 amide bonds. The smallest absolute Gasteiger partial charge is 0.226 e. The Labute approximate surface area is 127 Å². The van der Waals surface area contributed by atoms with Crippen LogP contribution in [0.5, 0.6) is 5.75 Å². The van der Waals surface area contributed by atoms with Crippen LogP contribution in [0.4, 0.5) is 0 Å². The summed E-state index contributed by atoms with van der Waals surface area (Å²) >= 11 is 3.40. The maximum Gasteiger partial charge on any atom is 0.226 e. The summed E-state index contributed by atoms with van der Waals surface area (Å²) in [5.74, 6) is 2.33. The van der Waals surface area contributed by atoms with Gasteiger partial charge >= 0.3 is 0 Å². The van der Waals surface area contributed by atoms with Crippen molar-refractivity contribution in [1.82, 2.24) is 10.2 Å². The Balaban J connectivity index is 1.43. The molecule has 108 valence electrons. The van der Waals surface area contributed by atoms with E-state index in [-0.39, 0.29) is 5.91 Å². The van der Waals surface area contributed by atoms with Crippen LogP contribution in [0.1, 0.15) is 6.42 Å². The number of nitrogens with zero attached hydrogens (tertiary/aromatic N) is 1. The zero-order valence-electron chi connectivity index (χ0n) is 11.3. The Kier molecular flexibility index (Phi) is 4.27. The lowest BCUT2D eigenvalue weighted by Gasteiger charge is -2.17. The first kappa shape index (κ1) is 13.9. The van der Waals surface area contributed by atoms with Crippen LogP contribution in [0.3, 0.4) is 0 Å². The van der Waals surface area contributed by atoms with Crippen molar-refractivity contribution in [3.63, 3.8) is 0 Å². The fourth-order valence-corrected chi connectivity index (χ4v) is 3.41. The molecule has 0 bridgehead atoms. The highest BCUT2D eigenvalue weighted by Gasteiger charge is 2.37. The van der Waals surface area contributed by atoms with E-state index < -0.39 is 0 Å². The van der Waals surface area contributed by atoms with Crippen LogP contribution in [-0.4, -0.2) is 43.6 Å². The molecule has 0 unspecified atom stereocenters. The number of benzene rings is 1. The molecule has 4 nitrogen and oxygen atoms in total. The zero-order chi connectivity index (χ0) is 13.9. The van der Waals surface area contributed by atoms with Crippen molar-refractivity contribution < 1.29 is 9.53 Å². The van der Waals surface area contributed by atoms with E-state index >= 15 is 0 Å². The molecule has 1 aromatic rings. The van der Waals surface area contributed by atoms with Crippen LogP contribution in [0.25, 0.3) is 0 Å². The van der Waals surface area contributed by atoms with Gasteiger partial charge in [-0.3, -0.25) is 4.79 Å². The number of hydrogen-bond donors (Lipinski definition) is 1. The standard InChI is InChI=1S/C15H19BrN2O2/c16-13-2-1-3-14(6-13)20-5-4-15(19)18-9-11-7-17-8-12(11)10-18/h1-3,6,11-12,17H,4-5,7-10H2/t11-,12+. The van der Waals surface area contributed by atoms with Crippen molar-refractivity contribution in [3.8, 4) is 5.75 Å². The van der Waals surface area contributed by atoms with E-state index in [0.717, 1.165) is 36.4 Å². The molecule has 0 aliphatic carbocycles. The van der Waals surface area contributed by atoms with Crippen LogP contribution < -0.4 is 10.1 Å². The summed E-state index contributed by atoms with van der Waals surface area (Å²) in [6, 6.07) is 7.70. The third-order valence-corrected chi connectivity index (χ3v) is 4.62. The summed E-state index contributed by atoms with van der Waals surface area (Å²) in [6.45, 7) is 4.38. The number of amides is 1. The quantitative estimate of drug-likeness (QED) is 0.911. The van der Waals surface area contributed by atoms with E-state index in [1.807, 2.05) is 29.2 Å². The van der Waals surface area contributed by atoms with Gasteiger partial charge in [-0.1, -0.05) is 22.0 Å². The second kappa shape index (κ2) is 6.14. The molecular weight excluding hydrogens is 320 g/mol. The summed E-state index contributed by atoms with van der Waals surface area (Å²) in [5.41, 5.74) is 0. The lowest BCUT2D eigenvalue weighted by molar-refractivity contribution is -0.130. The third kappa shape index (κ3) is 3.15. The highest BCUT2D eigenvalue weighted by Crippen LogP contribution is 2.26. The van der Waals surface area contributed by atoms with E-state index in [2.05, 4.69) is 21.2 Å². The molecule has 20 heavy (non-hydrogen) atoms. The number of nitrogens with one attached hydrogen (secondary N) is 1. The highest BCUT2D eigenvalue weighted by atomic mass is 79.9. The van der Waals surface area contributed by atoms with Crippen molar-refractivity contribution >= 4 is 21.8 Å². The summed E-state index contributed by atoms with van der Waals surface area (Å²) in [4.78, 5) is 14.2. The summed E-state index contributed by atoms with van der Waals surface area (Å²) in [5, 5.41) is 3.39. The molecule has 0 saturated carbocycles. The molecule has 1 aromatic carbocycles. The van der Waals surface area contributed by atoms with E-state index in [1.165, 1.54) is 0 Å². The fourth-order valence-electron chi connectivity index (χ4n) is 3.03. The van der Waals surface area contributed by atoms with Gasteiger partial charge in [0, 0.05) is 30.7 Å². The number of carbonyl (C=O) groups is 1. The molecule has 0 radical (unpaired) electrons. The van der Waals surface area contributed by atoms with Gasteiger partial charge < -0.3 is 15.0 Å².